The van der Waals surface area contributed by atoms with E-state index in [1.165, 1.54) is 13.3 Å². The zero-order valence-electron chi connectivity index (χ0n) is 18.9. The third-order valence-electron chi connectivity index (χ3n) is 4.93. The molecule has 0 radical (unpaired) electrons. The Balaban J connectivity index is 1.79. The Morgan fingerprint density at radius 3 is 2.12 bits per heavy atom. The monoisotopic (exact) mass is 462 g/mol. The van der Waals surface area contributed by atoms with Crippen LogP contribution in [0.4, 0.5) is 0 Å². The molecule has 3 aromatic rings. The van der Waals surface area contributed by atoms with Crippen molar-refractivity contribution < 1.29 is 28.9 Å². The number of aliphatic hydroxyl groups is 1. The number of benzene rings is 3. The van der Waals surface area contributed by atoms with Gasteiger partial charge in [-0.1, -0.05) is 60.7 Å². The van der Waals surface area contributed by atoms with Gasteiger partial charge >= 0.3 is 5.97 Å². The summed E-state index contributed by atoms with van der Waals surface area (Å²) in [5.74, 6) is -0.438. The van der Waals surface area contributed by atoms with Gasteiger partial charge in [0.05, 0.1) is 19.9 Å². The number of ether oxygens (including phenoxy) is 3. The van der Waals surface area contributed by atoms with Crippen molar-refractivity contribution in [1.82, 2.24) is 5.43 Å². The van der Waals surface area contributed by atoms with Crippen LogP contribution in [0.1, 0.15) is 23.6 Å². The molecule has 2 N–H and O–H groups in total. The third-order valence-corrected chi connectivity index (χ3v) is 4.93. The standard InChI is InChI=1S/C26H26N2O6/c1-3-33-23-16-19(14-15-22(23)34-18-24(29)32-2)17-27-28-25(30)26(31,20-10-6-4-7-11-20)21-12-8-5-9-13-21/h4-17,31H,3,18H2,1-2H3,(H,28,30)/b27-17+. The fraction of sp³-hybridized carbons (Fsp3) is 0.192. The van der Waals surface area contributed by atoms with Gasteiger partial charge in [0, 0.05) is 0 Å². The van der Waals surface area contributed by atoms with E-state index in [0.717, 1.165) is 0 Å². The van der Waals surface area contributed by atoms with Crippen molar-refractivity contribution in [1.29, 1.82) is 0 Å². The highest BCUT2D eigenvalue weighted by Gasteiger charge is 2.39. The Morgan fingerprint density at radius 1 is 0.941 bits per heavy atom. The molecule has 0 fully saturated rings. The van der Waals surface area contributed by atoms with Crippen LogP contribution in [0.5, 0.6) is 11.5 Å². The Labute approximate surface area is 197 Å². The number of methoxy groups -OCH3 is 1. The molecule has 0 spiro atoms. The summed E-state index contributed by atoms with van der Waals surface area (Å²) in [4.78, 5) is 24.4. The van der Waals surface area contributed by atoms with Gasteiger partial charge in [0.15, 0.2) is 23.7 Å². The van der Waals surface area contributed by atoms with E-state index in [1.807, 2.05) is 6.92 Å². The molecular weight excluding hydrogens is 436 g/mol. The molecule has 0 aliphatic rings. The van der Waals surface area contributed by atoms with Crippen LogP contribution in [0, 0.1) is 0 Å². The molecule has 0 aliphatic heterocycles. The van der Waals surface area contributed by atoms with E-state index in [4.69, 9.17) is 9.47 Å². The molecule has 0 saturated carbocycles. The Hall–Kier alpha value is -4.17. The van der Waals surface area contributed by atoms with E-state index >= 15 is 0 Å². The number of rotatable bonds is 10. The lowest BCUT2D eigenvalue weighted by molar-refractivity contribution is -0.143. The van der Waals surface area contributed by atoms with Crippen LogP contribution in [0.3, 0.4) is 0 Å². The second-order valence-corrected chi connectivity index (χ2v) is 7.15. The fourth-order valence-corrected chi connectivity index (χ4v) is 3.22. The maximum atomic E-state index is 13.1. The molecule has 0 aliphatic carbocycles. The van der Waals surface area contributed by atoms with Crippen LogP contribution < -0.4 is 14.9 Å². The minimum atomic E-state index is -1.93. The van der Waals surface area contributed by atoms with E-state index in [9.17, 15) is 14.7 Å². The number of carbonyl (C=O) groups is 2. The zero-order chi connectivity index (χ0) is 24.4. The molecule has 0 aromatic heterocycles. The minimum Gasteiger partial charge on any atom is -0.490 e. The van der Waals surface area contributed by atoms with Gasteiger partial charge < -0.3 is 19.3 Å². The highest BCUT2D eigenvalue weighted by atomic mass is 16.6. The summed E-state index contributed by atoms with van der Waals surface area (Å²) in [6, 6.07) is 22.3. The average molecular weight is 463 g/mol. The van der Waals surface area contributed by atoms with Crippen molar-refractivity contribution >= 4 is 18.1 Å². The Morgan fingerprint density at radius 2 is 1.56 bits per heavy atom. The number of carbonyl (C=O) groups excluding carboxylic acids is 2. The van der Waals surface area contributed by atoms with Crippen molar-refractivity contribution in [3.05, 3.63) is 95.6 Å². The SMILES string of the molecule is CCOc1cc(/C=N/NC(=O)C(O)(c2ccccc2)c2ccccc2)ccc1OCC(=O)OC. The van der Waals surface area contributed by atoms with Crippen LogP contribution in [0.15, 0.2) is 84.0 Å². The summed E-state index contributed by atoms with van der Waals surface area (Å²) >= 11 is 0. The topological polar surface area (TPSA) is 106 Å². The molecule has 34 heavy (non-hydrogen) atoms. The Bertz CT molecular complexity index is 1090. The van der Waals surface area contributed by atoms with E-state index in [2.05, 4.69) is 15.3 Å². The lowest BCUT2D eigenvalue weighted by Crippen LogP contribution is -2.43. The Kier molecular flexibility index (Phi) is 8.37. The summed E-state index contributed by atoms with van der Waals surface area (Å²) in [7, 11) is 1.28. The first-order valence-corrected chi connectivity index (χ1v) is 10.6. The number of nitrogens with zero attached hydrogens (tertiary/aromatic N) is 1. The zero-order valence-corrected chi connectivity index (χ0v) is 18.9. The molecular formula is C26H26N2O6. The second-order valence-electron chi connectivity index (χ2n) is 7.15. The van der Waals surface area contributed by atoms with Gasteiger partial charge in [-0.3, -0.25) is 4.79 Å². The largest absolute Gasteiger partial charge is 0.490 e. The smallest absolute Gasteiger partial charge is 0.343 e. The van der Waals surface area contributed by atoms with Gasteiger partial charge in [-0.25, -0.2) is 10.2 Å². The van der Waals surface area contributed by atoms with Crippen LogP contribution >= 0.6 is 0 Å². The highest BCUT2D eigenvalue weighted by Crippen LogP contribution is 2.30. The second kappa shape index (κ2) is 11.6. The van der Waals surface area contributed by atoms with Gasteiger partial charge in [0.25, 0.3) is 5.91 Å². The number of hydrazone groups is 1. The summed E-state index contributed by atoms with van der Waals surface area (Å²) in [6.45, 7) is 1.95. The van der Waals surface area contributed by atoms with Crippen molar-refractivity contribution in [2.75, 3.05) is 20.3 Å². The van der Waals surface area contributed by atoms with Gasteiger partial charge in [0.1, 0.15) is 0 Å². The minimum absolute atomic E-state index is 0.252. The van der Waals surface area contributed by atoms with E-state index in [1.54, 1.807) is 78.9 Å². The normalized spacial score (nSPS) is 11.1. The molecule has 0 atom stereocenters. The first-order chi connectivity index (χ1) is 16.5. The van der Waals surface area contributed by atoms with Crippen molar-refractivity contribution in [3.8, 4) is 11.5 Å². The molecule has 3 rings (SSSR count). The van der Waals surface area contributed by atoms with Crippen LogP contribution in [0.2, 0.25) is 0 Å². The first kappa shape index (κ1) is 24.5. The van der Waals surface area contributed by atoms with E-state index in [0.29, 0.717) is 34.8 Å². The van der Waals surface area contributed by atoms with Crippen molar-refractivity contribution in [3.63, 3.8) is 0 Å². The lowest BCUT2D eigenvalue weighted by Gasteiger charge is -2.27. The van der Waals surface area contributed by atoms with E-state index in [-0.39, 0.29) is 6.61 Å². The number of nitrogens with one attached hydrogen (secondary N) is 1. The quantitative estimate of drug-likeness (QED) is 0.273. The summed E-state index contributed by atoms with van der Waals surface area (Å²) < 4.78 is 15.6. The van der Waals surface area contributed by atoms with Crippen LogP contribution in [0.25, 0.3) is 0 Å². The molecule has 3 aromatic carbocycles. The highest BCUT2D eigenvalue weighted by molar-refractivity contribution is 5.91. The van der Waals surface area contributed by atoms with Gasteiger partial charge in [-0.2, -0.15) is 5.10 Å². The summed E-state index contributed by atoms with van der Waals surface area (Å²) in [5.41, 5.74) is 1.94. The maximum Gasteiger partial charge on any atom is 0.343 e. The molecule has 0 saturated heterocycles. The molecule has 0 unspecified atom stereocenters. The summed E-state index contributed by atoms with van der Waals surface area (Å²) in [5, 5.41) is 15.5. The molecule has 0 heterocycles. The molecule has 8 heteroatoms. The number of esters is 1. The molecule has 8 nitrogen and oxygen atoms in total. The molecule has 176 valence electrons. The van der Waals surface area contributed by atoms with Crippen molar-refractivity contribution in [2.24, 2.45) is 5.10 Å². The third kappa shape index (κ3) is 5.79. The average Bonchev–Trinajstić information content (AvgIpc) is 2.88. The number of hydrogen-bond donors (Lipinski definition) is 2. The van der Waals surface area contributed by atoms with Gasteiger partial charge in [-0.05, 0) is 41.8 Å². The fourth-order valence-electron chi connectivity index (χ4n) is 3.22. The van der Waals surface area contributed by atoms with Crippen molar-refractivity contribution in [2.45, 2.75) is 12.5 Å². The predicted octanol–water partition coefficient (Wildman–Crippen LogP) is 3.02. The predicted molar refractivity (Wildman–Crippen MR) is 127 cm³/mol. The maximum absolute atomic E-state index is 13.1. The van der Waals surface area contributed by atoms with Gasteiger partial charge in [-0.15, -0.1) is 0 Å². The number of hydrogen-bond acceptors (Lipinski definition) is 7. The van der Waals surface area contributed by atoms with Gasteiger partial charge in [0.2, 0.25) is 0 Å². The van der Waals surface area contributed by atoms with Crippen LogP contribution in [-0.4, -0.2) is 43.5 Å². The molecule has 0 bridgehead atoms. The first-order valence-electron chi connectivity index (χ1n) is 10.6. The summed E-state index contributed by atoms with van der Waals surface area (Å²) in [6.07, 6.45) is 1.42. The lowest BCUT2D eigenvalue weighted by atomic mass is 9.85. The van der Waals surface area contributed by atoms with Crippen LogP contribution in [-0.2, 0) is 19.9 Å². The number of amides is 1. The van der Waals surface area contributed by atoms with E-state index < -0.39 is 17.5 Å². The molecule has 1 amide bonds.